The average Bonchev–Trinajstić information content (AvgIpc) is 2.86. The third-order valence-electron chi connectivity index (χ3n) is 3.15. The first-order chi connectivity index (χ1) is 8.99. The lowest BCUT2D eigenvalue weighted by molar-refractivity contribution is -0.0300. The van der Waals surface area contributed by atoms with Gasteiger partial charge < -0.3 is 14.9 Å². The summed E-state index contributed by atoms with van der Waals surface area (Å²) in [4.78, 5) is 20.7. The Labute approximate surface area is 105 Å². The molecule has 2 aromatic rings. The van der Waals surface area contributed by atoms with Gasteiger partial charge in [0.05, 0.1) is 12.4 Å². The number of nitrogens with one attached hydrogen (secondary N) is 1. The highest BCUT2D eigenvalue weighted by molar-refractivity contribution is 5.69. The number of rotatable bonds is 1. The molecule has 102 valence electrons. The number of aliphatic hydroxyl groups is 2. The third kappa shape index (κ3) is 1.74. The number of H-pyrrole nitrogens is 1. The number of aliphatic hydroxyl groups excluding tert-OH is 2. The summed E-state index contributed by atoms with van der Waals surface area (Å²) in [6, 6.07) is 0. The highest BCUT2D eigenvalue weighted by Gasteiger charge is 2.42. The van der Waals surface area contributed by atoms with E-state index in [1.807, 2.05) is 4.98 Å². The van der Waals surface area contributed by atoms with Gasteiger partial charge in [0.25, 0.3) is 11.6 Å². The van der Waals surface area contributed by atoms with Crippen LogP contribution in [0.1, 0.15) is 13.2 Å². The first kappa shape index (κ1) is 12.2. The van der Waals surface area contributed by atoms with Gasteiger partial charge >= 0.3 is 0 Å². The summed E-state index contributed by atoms with van der Waals surface area (Å²) in [5.74, 6) is 0. The Morgan fingerprint density at radius 1 is 1.47 bits per heavy atom. The number of fused-ring (bicyclic) bond motifs is 1. The second kappa shape index (κ2) is 4.08. The van der Waals surface area contributed by atoms with E-state index in [4.69, 9.17) is 4.74 Å². The molecule has 1 fully saturated rings. The van der Waals surface area contributed by atoms with Crippen molar-refractivity contribution in [3.05, 3.63) is 22.8 Å². The van der Waals surface area contributed by atoms with Gasteiger partial charge in [0, 0.05) is 0 Å². The van der Waals surface area contributed by atoms with E-state index >= 15 is 0 Å². The minimum atomic E-state index is -1.21. The van der Waals surface area contributed by atoms with Crippen LogP contribution in [0.4, 0.5) is 4.39 Å². The van der Waals surface area contributed by atoms with Crippen molar-refractivity contribution in [1.82, 2.24) is 19.5 Å². The number of halogens is 1. The fraction of sp³-hybridized carbons (Fsp3) is 0.500. The second-order valence-corrected chi connectivity index (χ2v) is 4.39. The van der Waals surface area contributed by atoms with Crippen molar-refractivity contribution in [3.8, 4) is 0 Å². The van der Waals surface area contributed by atoms with Crippen molar-refractivity contribution in [2.24, 2.45) is 0 Å². The number of hydrogen-bond donors (Lipinski definition) is 3. The molecule has 3 rings (SSSR count). The second-order valence-electron chi connectivity index (χ2n) is 4.39. The van der Waals surface area contributed by atoms with Gasteiger partial charge in [-0.25, -0.2) is 4.98 Å². The maximum Gasteiger partial charge on any atom is 0.291 e. The molecule has 3 heterocycles. The molecule has 19 heavy (non-hydrogen) atoms. The summed E-state index contributed by atoms with van der Waals surface area (Å²) in [6.45, 7) is 1.59. The molecular formula is C10H11FN4O4. The van der Waals surface area contributed by atoms with Crippen LogP contribution < -0.4 is 5.56 Å². The van der Waals surface area contributed by atoms with Gasteiger partial charge in [-0.15, -0.1) is 0 Å². The van der Waals surface area contributed by atoms with E-state index in [-0.39, 0.29) is 11.2 Å². The number of imidazole rings is 1. The standard InChI is InChI=1S/C10H11FN4O4/c1-3-5(16)6(17)9(19-3)15-2-12-4-7(15)13-10(11)14-8(4)18/h2-3,5-6,9,16-17H,1H3,(H,13,14,18)/t3-,5-,6-,9?/m1/s1. The Morgan fingerprint density at radius 3 is 2.84 bits per heavy atom. The zero-order valence-corrected chi connectivity index (χ0v) is 9.82. The minimum absolute atomic E-state index is 0.0494. The maximum absolute atomic E-state index is 13.1. The highest BCUT2D eigenvalue weighted by Crippen LogP contribution is 2.30. The topological polar surface area (TPSA) is 113 Å². The molecular weight excluding hydrogens is 259 g/mol. The van der Waals surface area contributed by atoms with Crippen LogP contribution >= 0.6 is 0 Å². The number of nitrogens with zero attached hydrogens (tertiary/aromatic N) is 3. The molecule has 0 bridgehead atoms. The Hall–Kier alpha value is -1.84. The summed E-state index contributed by atoms with van der Waals surface area (Å²) in [5, 5.41) is 19.5. The summed E-state index contributed by atoms with van der Waals surface area (Å²) in [5.41, 5.74) is -0.833. The van der Waals surface area contributed by atoms with E-state index in [1.165, 1.54) is 10.9 Å². The first-order valence-corrected chi connectivity index (χ1v) is 5.63. The van der Waals surface area contributed by atoms with Gasteiger partial charge in [0.1, 0.15) is 12.2 Å². The van der Waals surface area contributed by atoms with E-state index < -0.39 is 36.2 Å². The Balaban J connectivity index is 2.14. The summed E-state index contributed by atoms with van der Waals surface area (Å²) >= 11 is 0. The van der Waals surface area contributed by atoms with Crippen LogP contribution in [0.25, 0.3) is 11.2 Å². The van der Waals surface area contributed by atoms with Crippen LogP contribution in [0, 0.1) is 6.08 Å². The maximum atomic E-state index is 13.1. The van der Waals surface area contributed by atoms with Crippen molar-refractivity contribution in [2.45, 2.75) is 31.5 Å². The van der Waals surface area contributed by atoms with E-state index in [2.05, 4.69) is 9.97 Å². The van der Waals surface area contributed by atoms with Crippen molar-refractivity contribution in [1.29, 1.82) is 0 Å². The Kier molecular flexibility index (Phi) is 2.62. The molecule has 0 amide bonds. The smallest absolute Gasteiger partial charge is 0.291 e. The van der Waals surface area contributed by atoms with Gasteiger partial charge in [0.15, 0.2) is 17.4 Å². The molecule has 9 heteroatoms. The molecule has 0 saturated carbocycles. The minimum Gasteiger partial charge on any atom is -0.388 e. The highest BCUT2D eigenvalue weighted by atomic mass is 19.1. The van der Waals surface area contributed by atoms with Gasteiger partial charge in [-0.05, 0) is 6.92 Å². The number of aromatic amines is 1. The molecule has 1 aliphatic heterocycles. The predicted octanol–water partition coefficient (Wildman–Crippen LogP) is -1.10. The fourth-order valence-electron chi connectivity index (χ4n) is 2.14. The summed E-state index contributed by atoms with van der Waals surface area (Å²) in [6.07, 6.45) is -3.69. The van der Waals surface area contributed by atoms with Crippen LogP contribution in [0.3, 0.4) is 0 Å². The van der Waals surface area contributed by atoms with E-state index in [9.17, 15) is 19.4 Å². The van der Waals surface area contributed by atoms with Gasteiger partial charge in [-0.3, -0.25) is 14.3 Å². The average molecular weight is 270 g/mol. The molecule has 1 saturated heterocycles. The quantitative estimate of drug-likeness (QED) is 0.567. The number of ether oxygens (including phenoxy) is 1. The molecule has 2 aromatic heterocycles. The number of hydrogen-bond acceptors (Lipinski definition) is 6. The molecule has 8 nitrogen and oxygen atoms in total. The first-order valence-electron chi connectivity index (χ1n) is 5.63. The van der Waals surface area contributed by atoms with Crippen LogP contribution in [-0.2, 0) is 4.74 Å². The van der Waals surface area contributed by atoms with Crippen molar-refractivity contribution in [3.63, 3.8) is 0 Å². The van der Waals surface area contributed by atoms with Crippen LogP contribution in [0.2, 0.25) is 0 Å². The summed E-state index contributed by atoms with van der Waals surface area (Å²) < 4.78 is 19.7. The largest absolute Gasteiger partial charge is 0.388 e. The van der Waals surface area contributed by atoms with Crippen molar-refractivity contribution in [2.75, 3.05) is 0 Å². The lowest BCUT2D eigenvalue weighted by Gasteiger charge is -2.16. The molecule has 0 aromatic carbocycles. The Morgan fingerprint density at radius 2 is 2.21 bits per heavy atom. The monoisotopic (exact) mass is 270 g/mol. The molecule has 4 atom stereocenters. The number of aromatic nitrogens is 4. The molecule has 1 aliphatic rings. The predicted molar refractivity (Wildman–Crippen MR) is 59.7 cm³/mol. The zero-order chi connectivity index (χ0) is 13.7. The molecule has 0 spiro atoms. The van der Waals surface area contributed by atoms with E-state index in [0.717, 1.165) is 0 Å². The fourth-order valence-corrected chi connectivity index (χ4v) is 2.14. The van der Waals surface area contributed by atoms with Crippen molar-refractivity contribution >= 4 is 11.2 Å². The molecule has 1 unspecified atom stereocenters. The van der Waals surface area contributed by atoms with Crippen LogP contribution in [0.15, 0.2) is 11.1 Å². The molecule has 0 aliphatic carbocycles. The van der Waals surface area contributed by atoms with Gasteiger partial charge in [-0.1, -0.05) is 0 Å². The zero-order valence-electron chi connectivity index (χ0n) is 9.82. The Bertz CT molecular complexity index is 684. The molecule has 3 N–H and O–H groups in total. The van der Waals surface area contributed by atoms with E-state index in [1.54, 1.807) is 6.92 Å². The van der Waals surface area contributed by atoms with Crippen LogP contribution in [0.5, 0.6) is 0 Å². The SMILES string of the molecule is C[C@H]1OC(n2cnc3c(=O)[nH]c(F)nc32)[C@H](O)[C@@H]1O. The van der Waals surface area contributed by atoms with Crippen LogP contribution in [-0.4, -0.2) is 48.0 Å². The lowest BCUT2D eigenvalue weighted by Crippen LogP contribution is -2.30. The molecule has 0 radical (unpaired) electrons. The van der Waals surface area contributed by atoms with Gasteiger partial charge in [0.2, 0.25) is 0 Å². The van der Waals surface area contributed by atoms with Gasteiger partial charge in [-0.2, -0.15) is 9.37 Å². The van der Waals surface area contributed by atoms with Crippen molar-refractivity contribution < 1.29 is 19.3 Å². The lowest BCUT2D eigenvalue weighted by atomic mass is 10.1. The third-order valence-corrected chi connectivity index (χ3v) is 3.15. The summed E-state index contributed by atoms with van der Waals surface area (Å²) in [7, 11) is 0. The van der Waals surface area contributed by atoms with E-state index in [0.29, 0.717) is 0 Å². The normalized spacial score (nSPS) is 31.2.